The van der Waals surface area contributed by atoms with Crippen molar-refractivity contribution < 1.29 is 9.59 Å². The van der Waals surface area contributed by atoms with Crippen molar-refractivity contribution >= 4 is 50.2 Å². The maximum atomic E-state index is 13.2. The van der Waals surface area contributed by atoms with Crippen molar-refractivity contribution in [2.24, 2.45) is 0 Å². The number of imidazole rings is 1. The second-order valence-electron chi connectivity index (χ2n) is 9.39. The van der Waals surface area contributed by atoms with Crippen molar-refractivity contribution in [2.45, 2.75) is 32.9 Å². The number of carbonyl (C=O) groups excluding carboxylic acids is 2. The lowest BCUT2D eigenvalue weighted by atomic mass is 10.1. The maximum Gasteiger partial charge on any atom is 0.273 e. The van der Waals surface area contributed by atoms with Gasteiger partial charge in [0, 0.05) is 35.2 Å². The summed E-state index contributed by atoms with van der Waals surface area (Å²) in [5.74, 6) is -0.651. The molecule has 0 aliphatic rings. The zero-order chi connectivity index (χ0) is 26.2. The van der Waals surface area contributed by atoms with Gasteiger partial charge in [0.1, 0.15) is 4.70 Å². The molecule has 0 saturated heterocycles. The van der Waals surface area contributed by atoms with Crippen LogP contribution in [0.5, 0.6) is 0 Å². The molecule has 0 bridgehead atoms. The van der Waals surface area contributed by atoms with Crippen molar-refractivity contribution in [1.29, 1.82) is 0 Å². The van der Waals surface area contributed by atoms with Crippen LogP contribution in [0, 0.1) is 0 Å². The summed E-state index contributed by atoms with van der Waals surface area (Å²) < 4.78 is 4.22. The lowest BCUT2D eigenvalue weighted by molar-refractivity contribution is 0.0945. The number of halogens is 1. The minimum absolute atomic E-state index is 0.265. The van der Waals surface area contributed by atoms with Gasteiger partial charge in [-0.15, -0.1) is 0 Å². The third-order valence-corrected chi connectivity index (χ3v) is 6.78. The van der Waals surface area contributed by atoms with Crippen molar-refractivity contribution in [1.82, 2.24) is 29.6 Å². The molecule has 37 heavy (non-hydrogen) atoms. The van der Waals surface area contributed by atoms with Gasteiger partial charge in [0.05, 0.1) is 11.9 Å². The number of nitrogens with zero attached hydrogens (tertiary/aromatic N) is 5. The Balaban J connectivity index is 1.37. The minimum atomic E-state index is -0.428. The number of aromatic nitrogens is 5. The van der Waals surface area contributed by atoms with Crippen LogP contribution in [-0.4, -0.2) is 36.1 Å². The Labute approximate surface area is 222 Å². The summed E-state index contributed by atoms with van der Waals surface area (Å²) in [5.41, 5.74) is 2.72. The van der Waals surface area contributed by atoms with E-state index in [9.17, 15) is 9.59 Å². The zero-order valence-corrected chi connectivity index (χ0v) is 22.0. The molecule has 11 heteroatoms. The van der Waals surface area contributed by atoms with Crippen LogP contribution in [0.1, 0.15) is 47.2 Å². The second kappa shape index (κ2) is 9.79. The lowest BCUT2D eigenvalue weighted by Crippen LogP contribution is -2.26. The van der Waals surface area contributed by atoms with Crippen LogP contribution >= 0.6 is 22.9 Å². The van der Waals surface area contributed by atoms with Gasteiger partial charge in [0.25, 0.3) is 11.8 Å². The maximum absolute atomic E-state index is 13.2. The van der Waals surface area contributed by atoms with E-state index in [1.807, 2.05) is 55.8 Å². The van der Waals surface area contributed by atoms with E-state index in [0.29, 0.717) is 32.6 Å². The zero-order valence-electron chi connectivity index (χ0n) is 20.4. The number of hydrogen-bond donors (Lipinski definition) is 2. The van der Waals surface area contributed by atoms with E-state index >= 15 is 0 Å². The first-order chi connectivity index (χ1) is 17.7. The highest BCUT2D eigenvalue weighted by Gasteiger charge is 2.27. The molecule has 0 radical (unpaired) electrons. The largest absolute Gasteiger partial charge is 0.347 e. The Morgan fingerprint density at radius 1 is 1.08 bits per heavy atom. The van der Waals surface area contributed by atoms with E-state index in [1.54, 1.807) is 41.5 Å². The third kappa shape index (κ3) is 5.25. The van der Waals surface area contributed by atoms with Crippen LogP contribution in [-0.2, 0) is 12.1 Å². The Hall–Kier alpha value is -4.02. The quantitative estimate of drug-likeness (QED) is 0.309. The molecule has 3 aromatic heterocycles. The van der Waals surface area contributed by atoms with Crippen molar-refractivity contribution in [2.75, 3.05) is 5.32 Å². The Kier molecular flexibility index (Phi) is 6.53. The van der Waals surface area contributed by atoms with Crippen molar-refractivity contribution in [3.63, 3.8) is 0 Å². The molecule has 3 heterocycles. The first kappa shape index (κ1) is 24.7. The van der Waals surface area contributed by atoms with E-state index in [-0.39, 0.29) is 17.5 Å². The van der Waals surface area contributed by atoms with Crippen molar-refractivity contribution in [3.05, 3.63) is 89.1 Å². The molecule has 0 aliphatic carbocycles. The highest BCUT2D eigenvalue weighted by molar-refractivity contribution is 7.22. The molecular formula is C26H24ClN7O2S. The normalized spacial score (nSPS) is 11.6. The first-order valence-electron chi connectivity index (χ1n) is 11.5. The Morgan fingerprint density at radius 3 is 2.54 bits per heavy atom. The molecular weight excluding hydrogens is 510 g/mol. The summed E-state index contributed by atoms with van der Waals surface area (Å²) in [7, 11) is 0. The van der Waals surface area contributed by atoms with Crippen LogP contribution < -0.4 is 10.6 Å². The fraction of sp³-hybridized carbons (Fsp3) is 0.192. The van der Waals surface area contributed by atoms with Crippen LogP contribution in [0.3, 0.4) is 0 Å². The monoisotopic (exact) mass is 533 g/mol. The summed E-state index contributed by atoms with van der Waals surface area (Å²) in [6.45, 7) is 6.27. The predicted octanol–water partition coefficient (Wildman–Crippen LogP) is 5.27. The van der Waals surface area contributed by atoms with Gasteiger partial charge in [-0.25, -0.2) is 9.67 Å². The summed E-state index contributed by atoms with van der Waals surface area (Å²) in [4.78, 5) is 34.6. The number of thiazole rings is 1. The highest BCUT2D eigenvalue weighted by atomic mass is 35.5. The number of benzene rings is 2. The molecule has 2 amide bonds. The van der Waals surface area contributed by atoms with E-state index in [0.717, 1.165) is 11.3 Å². The van der Waals surface area contributed by atoms with Crippen LogP contribution in [0.2, 0.25) is 5.02 Å². The fourth-order valence-electron chi connectivity index (χ4n) is 3.74. The smallest absolute Gasteiger partial charge is 0.273 e. The molecule has 0 aliphatic heterocycles. The number of fused-ring (bicyclic) bond motifs is 1. The SMILES string of the molecule is CC(C)(C)n1nc(C(=O)NCc2ccc(-n3ccnc3)cc2)c2sc(NC(=O)c3cccc(Cl)c3)nc21. The topological polar surface area (TPSA) is 107 Å². The third-order valence-electron chi connectivity index (χ3n) is 5.57. The minimum Gasteiger partial charge on any atom is -0.347 e. The van der Waals surface area contributed by atoms with Crippen molar-refractivity contribution in [3.8, 4) is 5.69 Å². The molecule has 2 N–H and O–H groups in total. The van der Waals surface area contributed by atoms with Crippen LogP contribution in [0.25, 0.3) is 16.0 Å². The van der Waals surface area contributed by atoms with Gasteiger partial charge in [0.2, 0.25) is 0 Å². The number of carbonyl (C=O) groups is 2. The summed E-state index contributed by atoms with van der Waals surface area (Å²) in [5, 5.41) is 11.2. The average molecular weight is 534 g/mol. The van der Waals surface area contributed by atoms with Gasteiger partial charge in [-0.2, -0.15) is 10.1 Å². The fourth-order valence-corrected chi connectivity index (χ4v) is 4.85. The standard InChI is InChI=1S/C26H24ClN7O2S/c1-26(2,3)34-22-21(37-25(30-22)31-23(35)17-5-4-6-18(27)13-17)20(32-34)24(36)29-14-16-7-9-19(10-8-16)33-12-11-28-15-33/h4-13,15H,14H2,1-3H3,(H,29,36)(H,30,31,35). The molecule has 2 aromatic carbocycles. The molecule has 188 valence electrons. The van der Waals surface area contributed by atoms with Gasteiger partial charge in [0.15, 0.2) is 16.5 Å². The summed E-state index contributed by atoms with van der Waals surface area (Å²) in [6.07, 6.45) is 5.32. The molecule has 0 fully saturated rings. The molecule has 9 nitrogen and oxygen atoms in total. The van der Waals surface area contributed by atoms with Gasteiger partial charge in [-0.05, 0) is 56.7 Å². The predicted molar refractivity (Wildman–Crippen MR) is 145 cm³/mol. The number of hydrogen-bond acceptors (Lipinski definition) is 6. The van der Waals surface area contributed by atoms with E-state index in [4.69, 9.17) is 11.6 Å². The van der Waals surface area contributed by atoms with Crippen LogP contribution in [0.4, 0.5) is 5.13 Å². The lowest BCUT2D eigenvalue weighted by Gasteiger charge is -2.19. The van der Waals surface area contributed by atoms with E-state index in [2.05, 4.69) is 25.7 Å². The van der Waals surface area contributed by atoms with E-state index < -0.39 is 5.54 Å². The second-order valence-corrected chi connectivity index (χ2v) is 10.8. The summed E-state index contributed by atoms with van der Waals surface area (Å²) in [6, 6.07) is 14.5. The number of amides is 2. The van der Waals surface area contributed by atoms with Gasteiger partial charge in [-0.3, -0.25) is 14.9 Å². The summed E-state index contributed by atoms with van der Waals surface area (Å²) >= 11 is 7.23. The van der Waals surface area contributed by atoms with Gasteiger partial charge in [-0.1, -0.05) is 41.1 Å². The molecule has 0 atom stereocenters. The number of anilines is 1. The molecule has 0 unspecified atom stereocenters. The molecule has 0 saturated carbocycles. The highest BCUT2D eigenvalue weighted by Crippen LogP contribution is 2.32. The molecule has 0 spiro atoms. The molecule has 5 aromatic rings. The average Bonchev–Trinajstić information content (AvgIpc) is 3.59. The van der Waals surface area contributed by atoms with Gasteiger partial charge >= 0.3 is 0 Å². The van der Waals surface area contributed by atoms with Gasteiger partial charge < -0.3 is 9.88 Å². The first-order valence-corrected chi connectivity index (χ1v) is 12.7. The number of rotatable bonds is 6. The molecule has 5 rings (SSSR count). The van der Waals surface area contributed by atoms with E-state index in [1.165, 1.54) is 11.3 Å². The number of nitrogens with one attached hydrogen (secondary N) is 2. The Bertz CT molecular complexity index is 1580. The van der Waals surface area contributed by atoms with Crippen LogP contribution in [0.15, 0.2) is 67.3 Å². The Morgan fingerprint density at radius 2 is 1.86 bits per heavy atom.